The van der Waals surface area contributed by atoms with Crippen molar-refractivity contribution in [3.8, 4) is 39.5 Å². The molecule has 3 heterocycles. The fraction of sp³-hybridized carbons (Fsp3) is 0.0189. The molecule has 0 spiro atoms. The van der Waals surface area contributed by atoms with Crippen molar-refractivity contribution in [2.24, 2.45) is 0 Å². The molecular weight excluding hydrogens is 695 g/mol. The van der Waals surface area contributed by atoms with Crippen LogP contribution in [-0.4, -0.2) is 14.5 Å². The zero-order chi connectivity index (χ0) is 37.5. The molecule has 4 heteroatoms. The Balaban J connectivity index is 1.25. The molecule has 11 aromatic rings. The number of allylic oxidation sites excluding steroid dienone is 3. The number of benzene rings is 8. The molecule has 57 heavy (non-hydrogen) atoms. The third-order valence-electron chi connectivity index (χ3n) is 11.7. The van der Waals surface area contributed by atoms with Gasteiger partial charge in [0, 0.05) is 21.9 Å². The highest BCUT2D eigenvalue weighted by atomic mass is 16.3. The Morgan fingerprint density at radius 3 is 1.86 bits per heavy atom. The predicted molar refractivity (Wildman–Crippen MR) is 237 cm³/mol. The summed E-state index contributed by atoms with van der Waals surface area (Å²) in [6.07, 6.45) is 9.65. The molecule has 0 aliphatic heterocycles. The summed E-state index contributed by atoms with van der Waals surface area (Å²) in [7, 11) is 0. The molecule has 1 aliphatic carbocycles. The maximum absolute atomic E-state index is 6.70. The summed E-state index contributed by atoms with van der Waals surface area (Å²) < 4.78 is 9.13. The molecule has 0 fully saturated rings. The van der Waals surface area contributed by atoms with E-state index in [4.69, 9.17) is 14.4 Å². The monoisotopic (exact) mass is 727 g/mol. The third kappa shape index (κ3) is 4.87. The molecule has 0 saturated carbocycles. The molecule has 4 nitrogen and oxygen atoms in total. The van der Waals surface area contributed by atoms with Gasteiger partial charge in [-0.3, -0.25) is 0 Å². The van der Waals surface area contributed by atoms with E-state index in [2.05, 4.69) is 181 Å². The van der Waals surface area contributed by atoms with Crippen molar-refractivity contribution in [1.82, 2.24) is 14.5 Å². The van der Waals surface area contributed by atoms with Crippen molar-refractivity contribution < 1.29 is 4.42 Å². The summed E-state index contributed by atoms with van der Waals surface area (Å²) in [5.74, 6) is 0.644. The van der Waals surface area contributed by atoms with Gasteiger partial charge in [0.2, 0.25) is 0 Å². The first-order valence-corrected chi connectivity index (χ1v) is 19.5. The molecule has 8 aromatic carbocycles. The van der Waals surface area contributed by atoms with Crippen molar-refractivity contribution in [2.45, 2.75) is 6.42 Å². The van der Waals surface area contributed by atoms with Gasteiger partial charge in [-0.05, 0) is 91.8 Å². The van der Waals surface area contributed by atoms with Crippen LogP contribution in [0.25, 0.3) is 111 Å². The molecule has 0 atom stereocenters. The van der Waals surface area contributed by atoms with Gasteiger partial charge in [-0.1, -0.05) is 152 Å². The average molecular weight is 728 g/mol. The van der Waals surface area contributed by atoms with Crippen LogP contribution in [0.2, 0.25) is 0 Å². The molecule has 12 rings (SSSR count). The Kier molecular flexibility index (Phi) is 6.96. The van der Waals surface area contributed by atoms with E-state index < -0.39 is 0 Å². The van der Waals surface area contributed by atoms with Crippen LogP contribution in [0.5, 0.6) is 0 Å². The molecule has 0 radical (unpaired) electrons. The molecule has 0 saturated heterocycles. The largest absolute Gasteiger partial charge is 0.452 e. The minimum Gasteiger partial charge on any atom is -0.452 e. The van der Waals surface area contributed by atoms with Gasteiger partial charge >= 0.3 is 0 Å². The van der Waals surface area contributed by atoms with Gasteiger partial charge in [0.1, 0.15) is 16.8 Å². The van der Waals surface area contributed by atoms with Gasteiger partial charge in [-0.15, -0.1) is 0 Å². The smallest absolute Gasteiger partial charge is 0.180 e. The molecule has 0 bridgehead atoms. The molecule has 0 unspecified atom stereocenters. The van der Waals surface area contributed by atoms with Crippen molar-refractivity contribution >= 4 is 71.4 Å². The number of rotatable bonds is 4. The van der Waals surface area contributed by atoms with Crippen LogP contribution in [0.15, 0.2) is 186 Å². The van der Waals surface area contributed by atoms with Gasteiger partial charge < -0.3 is 8.98 Å². The van der Waals surface area contributed by atoms with Gasteiger partial charge in [-0.2, -0.15) is 0 Å². The fourth-order valence-corrected chi connectivity index (χ4v) is 9.06. The third-order valence-corrected chi connectivity index (χ3v) is 11.7. The maximum atomic E-state index is 6.70. The van der Waals surface area contributed by atoms with Gasteiger partial charge in [0.25, 0.3) is 0 Å². The number of aromatic nitrogens is 3. The van der Waals surface area contributed by atoms with Gasteiger partial charge in [0.05, 0.1) is 16.9 Å². The summed E-state index contributed by atoms with van der Waals surface area (Å²) in [5.41, 5.74) is 11.8. The highest BCUT2D eigenvalue weighted by molar-refractivity contribution is 6.26. The van der Waals surface area contributed by atoms with Crippen molar-refractivity contribution in [3.05, 3.63) is 193 Å². The first-order chi connectivity index (χ1) is 28.3. The van der Waals surface area contributed by atoms with E-state index in [-0.39, 0.29) is 0 Å². The van der Waals surface area contributed by atoms with Crippen molar-refractivity contribution in [2.75, 3.05) is 0 Å². The molecule has 0 amide bonds. The van der Waals surface area contributed by atoms with E-state index in [1.54, 1.807) is 0 Å². The summed E-state index contributed by atoms with van der Waals surface area (Å²) in [5, 5.41) is 9.44. The summed E-state index contributed by atoms with van der Waals surface area (Å²) in [4.78, 5) is 11.0. The Labute approximate surface area is 328 Å². The maximum Gasteiger partial charge on any atom is 0.180 e. The Bertz CT molecular complexity index is 3480. The van der Waals surface area contributed by atoms with Crippen LogP contribution in [-0.2, 0) is 6.42 Å². The first kappa shape index (κ1) is 31.8. The second-order valence-electron chi connectivity index (χ2n) is 14.8. The summed E-state index contributed by atoms with van der Waals surface area (Å²) in [6, 6.07) is 58.3. The van der Waals surface area contributed by atoms with E-state index in [1.165, 1.54) is 37.9 Å². The summed E-state index contributed by atoms with van der Waals surface area (Å²) >= 11 is 0. The minimum atomic E-state index is 0.644. The number of furan rings is 1. The van der Waals surface area contributed by atoms with Crippen LogP contribution in [0.1, 0.15) is 11.3 Å². The normalized spacial score (nSPS) is 12.7. The Hall–Kier alpha value is -7.56. The molecule has 0 N–H and O–H groups in total. The predicted octanol–water partition coefficient (Wildman–Crippen LogP) is 13.9. The van der Waals surface area contributed by atoms with Crippen LogP contribution in [0, 0.1) is 0 Å². The van der Waals surface area contributed by atoms with Crippen LogP contribution in [0.4, 0.5) is 0 Å². The topological polar surface area (TPSA) is 43.9 Å². The van der Waals surface area contributed by atoms with Gasteiger partial charge in [-0.25, -0.2) is 9.97 Å². The quantitative estimate of drug-likeness (QED) is 0.170. The van der Waals surface area contributed by atoms with Gasteiger partial charge in [0.15, 0.2) is 11.4 Å². The second-order valence-corrected chi connectivity index (χ2v) is 14.8. The molecule has 3 aromatic heterocycles. The lowest BCUT2D eigenvalue weighted by Crippen LogP contribution is -2.03. The van der Waals surface area contributed by atoms with Crippen LogP contribution < -0.4 is 0 Å². The second kappa shape index (κ2) is 12.5. The number of fused-ring (bicyclic) bond motifs is 12. The SMILES string of the molecule is C1=CCc2c(n(-c3cc4c5ccccc5c5ccccc5c4cc3-c3nc(-c4ccccc4)c4oc5ccc(-c6ccccc6)cc5c4n3)c3ccccc23)C=C1. The minimum absolute atomic E-state index is 0.644. The molecular formula is C53H33N3O. The van der Waals surface area contributed by atoms with Crippen LogP contribution >= 0.6 is 0 Å². The standard InChI is InChI=1S/C53H33N3O/c1-4-16-33(17-5-1)35-28-29-49-45(30-35)51-52(57-49)50(34-18-6-2-7-19-34)54-53(55-51)44-31-42-38-22-12-10-20-36(38)37-21-11-13-23-39(37)43(42)32-48(44)56-46-26-9-3-8-24-40(46)41-25-14-15-27-47(41)56/h1-23,25-32H,24H2. The van der Waals surface area contributed by atoms with E-state index in [0.717, 1.165) is 73.1 Å². The van der Waals surface area contributed by atoms with E-state index in [9.17, 15) is 0 Å². The zero-order valence-electron chi connectivity index (χ0n) is 30.9. The summed E-state index contributed by atoms with van der Waals surface area (Å²) in [6.45, 7) is 0. The zero-order valence-corrected chi connectivity index (χ0v) is 30.9. The Morgan fingerprint density at radius 2 is 1.12 bits per heavy atom. The van der Waals surface area contributed by atoms with Crippen molar-refractivity contribution in [3.63, 3.8) is 0 Å². The van der Waals surface area contributed by atoms with Crippen LogP contribution in [0.3, 0.4) is 0 Å². The Morgan fingerprint density at radius 1 is 0.491 bits per heavy atom. The van der Waals surface area contributed by atoms with Crippen molar-refractivity contribution in [1.29, 1.82) is 0 Å². The number of nitrogens with zero attached hydrogens (tertiary/aromatic N) is 3. The fourth-order valence-electron chi connectivity index (χ4n) is 9.06. The van der Waals surface area contributed by atoms with E-state index in [1.807, 2.05) is 12.1 Å². The lowest BCUT2D eigenvalue weighted by atomic mass is 9.92. The average Bonchev–Trinajstić information content (AvgIpc) is 3.69. The molecule has 1 aliphatic rings. The highest BCUT2D eigenvalue weighted by Crippen LogP contribution is 2.44. The van der Waals surface area contributed by atoms with E-state index >= 15 is 0 Å². The lowest BCUT2D eigenvalue weighted by Gasteiger charge is -2.18. The number of para-hydroxylation sites is 1. The van der Waals surface area contributed by atoms with E-state index in [0.29, 0.717) is 11.4 Å². The number of hydrogen-bond acceptors (Lipinski definition) is 3. The molecule has 266 valence electrons. The highest BCUT2D eigenvalue weighted by Gasteiger charge is 2.25. The number of hydrogen-bond donors (Lipinski definition) is 0. The first-order valence-electron chi connectivity index (χ1n) is 19.5. The lowest BCUT2D eigenvalue weighted by molar-refractivity contribution is 0.667.